The van der Waals surface area contributed by atoms with Gasteiger partial charge in [-0.2, -0.15) is 0 Å². The fourth-order valence-corrected chi connectivity index (χ4v) is 1.47. The highest BCUT2D eigenvalue weighted by atomic mass is 32.3. The lowest BCUT2D eigenvalue weighted by atomic mass is 10.1. The van der Waals surface area contributed by atoms with E-state index in [9.17, 15) is 7.77 Å². The first-order valence-electron chi connectivity index (χ1n) is 3.26. The van der Waals surface area contributed by atoms with Gasteiger partial charge in [0.05, 0.1) is 7.77 Å². The monoisotopic (exact) mass is 175 g/mol. The van der Waals surface area contributed by atoms with E-state index in [0.717, 1.165) is 5.56 Å². The number of hydrogen-bond acceptors (Lipinski definition) is 0. The summed E-state index contributed by atoms with van der Waals surface area (Å²) in [5, 5.41) is 0. The van der Waals surface area contributed by atoms with Crippen molar-refractivity contribution >= 4 is 11.7 Å². The lowest BCUT2D eigenvalue weighted by Crippen LogP contribution is -1.92. The van der Waals surface area contributed by atoms with Gasteiger partial charge in [-0.1, -0.05) is 12.1 Å². The van der Waals surface area contributed by atoms with Crippen LogP contribution in [-0.2, 0) is 11.7 Å². The van der Waals surface area contributed by atoms with Gasteiger partial charge in [0.15, 0.2) is 0 Å². The van der Waals surface area contributed by atoms with Gasteiger partial charge in [-0.05, 0) is 19.4 Å². The van der Waals surface area contributed by atoms with Crippen molar-refractivity contribution < 1.29 is 7.77 Å². The van der Waals surface area contributed by atoms with E-state index in [1.165, 1.54) is 6.07 Å². The van der Waals surface area contributed by atoms with Crippen LogP contribution in [0.25, 0.3) is 0 Å². The molecule has 0 unspecified atom stereocenters. The topological polar surface area (TPSA) is 0 Å². The number of benzene rings is 1. The van der Waals surface area contributed by atoms with Gasteiger partial charge in [0.2, 0.25) is 4.90 Å². The Morgan fingerprint density at radius 1 is 1.18 bits per heavy atom. The normalized spacial score (nSPS) is 10.6. The van der Waals surface area contributed by atoms with Gasteiger partial charge in [-0.15, -0.1) is 0 Å². The van der Waals surface area contributed by atoms with Crippen LogP contribution in [-0.4, -0.2) is 0 Å². The van der Waals surface area contributed by atoms with Crippen molar-refractivity contribution in [3.8, 4) is 0 Å². The first kappa shape index (κ1) is 8.53. The maximum atomic E-state index is 12.2. The van der Waals surface area contributed by atoms with Gasteiger partial charge in [0, 0.05) is 11.6 Å². The molecule has 0 heterocycles. The molecule has 0 spiro atoms. The Balaban J connectivity index is 3.17. The molecular formula is C8H9F2S+. The summed E-state index contributed by atoms with van der Waals surface area (Å²) in [5.74, 6) is 0. The van der Waals surface area contributed by atoms with Crippen LogP contribution in [0, 0.1) is 13.8 Å². The van der Waals surface area contributed by atoms with Crippen molar-refractivity contribution in [3.05, 3.63) is 29.3 Å². The van der Waals surface area contributed by atoms with E-state index in [2.05, 4.69) is 0 Å². The molecule has 0 aliphatic carbocycles. The molecule has 0 N–H and O–H groups in total. The minimum absolute atomic E-state index is 0.171. The summed E-state index contributed by atoms with van der Waals surface area (Å²) in [6.45, 7) is 3.57. The molecule has 1 rings (SSSR count). The molecule has 0 saturated carbocycles. The van der Waals surface area contributed by atoms with Gasteiger partial charge in [-0.25, -0.2) is 0 Å². The molecule has 0 aliphatic heterocycles. The molecule has 0 saturated heterocycles. The Kier molecular flexibility index (Phi) is 2.49. The highest BCUT2D eigenvalue weighted by Crippen LogP contribution is 2.22. The van der Waals surface area contributed by atoms with E-state index in [-0.39, 0.29) is 4.90 Å². The Hall–Kier alpha value is -0.570. The molecule has 0 radical (unpaired) electrons. The summed E-state index contributed by atoms with van der Waals surface area (Å²) >= 11 is -2.60. The van der Waals surface area contributed by atoms with Gasteiger partial charge in [0.25, 0.3) is 0 Å². The van der Waals surface area contributed by atoms with Crippen LogP contribution < -0.4 is 0 Å². The summed E-state index contributed by atoms with van der Waals surface area (Å²) in [4.78, 5) is 0.171. The van der Waals surface area contributed by atoms with E-state index in [1.807, 2.05) is 13.0 Å². The van der Waals surface area contributed by atoms with Crippen molar-refractivity contribution in [2.75, 3.05) is 0 Å². The predicted octanol–water partition coefficient (Wildman–Crippen LogP) is 3.05. The third kappa shape index (κ3) is 1.71. The van der Waals surface area contributed by atoms with E-state index >= 15 is 0 Å². The van der Waals surface area contributed by atoms with Crippen molar-refractivity contribution in [1.82, 2.24) is 0 Å². The van der Waals surface area contributed by atoms with Gasteiger partial charge >= 0.3 is 11.7 Å². The molecule has 0 aromatic heterocycles. The van der Waals surface area contributed by atoms with Crippen LogP contribution in [0.4, 0.5) is 7.77 Å². The molecule has 0 aliphatic rings. The fourth-order valence-electron chi connectivity index (χ4n) is 0.891. The van der Waals surface area contributed by atoms with Gasteiger partial charge in [-0.3, -0.25) is 0 Å². The van der Waals surface area contributed by atoms with Gasteiger partial charge < -0.3 is 0 Å². The summed E-state index contributed by atoms with van der Waals surface area (Å²) in [5.41, 5.74) is 1.64. The highest BCUT2D eigenvalue weighted by Gasteiger charge is 2.26. The molecule has 1 aromatic rings. The lowest BCUT2D eigenvalue weighted by Gasteiger charge is -1.96. The Morgan fingerprint density at radius 3 is 2.27 bits per heavy atom. The first-order chi connectivity index (χ1) is 5.13. The molecule has 11 heavy (non-hydrogen) atoms. The third-order valence-electron chi connectivity index (χ3n) is 1.72. The Morgan fingerprint density at radius 2 is 1.82 bits per heavy atom. The minimum Gasteiger partial charge on any atom is -0.0587 e. The smallest absolute Gasteiger partial charge is 0.0587 e. The SMILES string of the molecule is Cc1cccc([S+](F)F)c1C. The largest absolute Gasteiger partial charge is 0.463 e. The molecule has 3 heteroatoms. The Labute approximate surface area is 68.2 Å². The van der Waals surface area contributed by atoms with E-state index in [4.69, 9.17) is 0 Å². The summed E-state index contributed by atoms with van der Waals surface area (Å²) in [6, 6.07) is 4.98. The van der Waals surface area contributed by atoms with Gasteiger partial charge in [0.1, 0.15) is 0 Å². The average molecular weight is 175 g/mol. The van der Waals surface area contributed by atoms with Crippen LogP contribution in [0.15, 0.2) is 23.1 Å². The van der Waals surface area contributed by atoms with E-state index in [1.54, 1.807) is 13.0 Å². The zero-order chi connectivity index (χ0) is 8.43. The fraction of sp³-hybridized carbons (Fsp3) is 0.250. The Bertz CT molecular complexity index is 258. The number of hydrogen-bond donors (Lipinski definition) is 0. The minimum atomic E-state index is -2.60. The average Bonchev–Trinajstić information content (AvgIpc) is 1.94. The lowest BCUT2D eigenvalue weighted by molar-refractivity contribution is 0.764. The zero-order valence-corrected chi connectivity index (χ0v) is 7.21. The summed E-state index contributed by atoms with van der Waals surface area (Å²) in [7, 11) is 0. The molecule has 0 nitrogen and oxygen atoms in total. The van der Waals surface area contributed by atoms with Crippen molar-refractivity contribution in [3.63, 3.8) is 0 Å². The van der Waals surface area contributed by atoms with Crippen molar-refractivity contribution in [2.45, 2.75) is 18.7 Å². The van der Waals surface area contributed by atoms with Crippen LogP contribution in [0.2, 0.25) is 0 Å². The second-order valence-corrected chi connectivity index (χ2v) is 3.28. The standard InChI is InChI=1S/C8H9F2S/c1-6-4-3-5-8(7(6)2)11(9)10/h3-5H,1-2H3/q+1. The molecular weight excluding hydrogens is 166 g/mol. The summed E-state index contributed by atoms with van der Waals surface area (Å²) in [6.07, 6.45) is 0. The molecule has 0 fully saturated rings. The van der Waals surface area contributed by atoms with Crippen LogP contribution in [0.5, 0.6) is 0 Å². The number of rotatable bonds is 1. The number of aryl methyl sites for hydroxylation is 1. The third-order valence-corrected chi connectivity index (χ3v) is 2.50. The second kappa shape index (κ2) is 3.22. The predicted molar refractivity (Wildman–Crippen MR) is 43.8 cm³/mol. The quantitative estimate of drug-likeness (QED) is 0.575. The maximum absolute atomic E-state index is 12.2. The molecule has 60 valence electrons. The molecule has 0 atom stereocenters. The van der Waals surface area contributed by atoms with E-state index in [0.29, 0.717) is 5.56 Å². The number of halogens is 2. The highest BCUT2D eigenvalue weighted by molar-refractivity contribution is 7.87. The second-order valence-electron chi connectivity index (χ2n) is 2.41. The molecule has 0 amide bonds. The first-order valence-corrected chi connectivity index (χ1v) is 4.28. The van der Waals surface area contributed by atoms with Crippen molar-refractivity contribution in [1.29, 1.82) is 0 Å². The van der Waals surface area contributed by atoms with Crippen LogP contribution in [0.1, 0.15) is 11.1 Å². The zero-order valence-electron chi connectivity index (χ0n) is 6.40. The molecule has 0 bridgehead atoms. The van der Waals surface area contributed by atoms with Crippen LogP contribution >= 0.6 is 0 Å². The van der Waals surface area contributed by atoms with Crippen LogP contribution in [0.3, 0.4) is 0 Å². The van der Waals surface area contributed by atoms with Crippen molar-refractivity contribution in [2.24, 2.45) is 0 Å². The van der Waals surface area contributed by atoms with E-state index < -0.39 is 11.7 Å². The summed E-state index contributed by atoms with van der Waals surface area (Å²) < 4.78 is 24.5. The maximum Gasteiger partial charge on any atom is 0.463 e. The molecule has 1 aromatic carbocycles.